The highest BCUT2D eigenvalue weighted by Gasteiger charge is 2.53. The molecule has 196 valence electrons. The topological polar surface area (TPSA) is 71.1 Å². The van der Waals surface area contributed by atoms with Crippen molar-refractivity contribution in [2.45, 2.75) is 17.9 Å². The molecular formula is C33H28O6. The molecule has 6 rings (SSSR count). The Labute approximate surface area is 227 Å². The lowest BCUT2D eigenvalue weighted by atomic mass is 9.60. The zero-order chi connectivity index (χ0) is 27.1. The van der Waals surface area contributed by atoms with Gasteiger partial charge in [-0.3, -0.25) is 9.59 Å². The third kappa shape index (κ3) is 4.04. The van der Waals surface area contributed by atoms with E-state index in [2.05, 4.69) is 0 Å². The number of hydrogen-bond donors (Lipinski definition) is 0. The van der Waals surface area contributed by atoms with Crippen LogP contribution >= 0.6 is 0 Å². The van der Waals surface area contributed by atoms with Gasteiger partial charge in [-0.05, 0) is 47.5 Å². The summed E-state index contributed by atoms with van der Waals surface area (Å²) in [6.45, 7) is 0. The van der Waals surface area contributed by atoms with Crippen LogP contribution in [0.2, 0.25) is 0 Å². The molecule has 0 N–H and O–H groups in total. The normalized spacial score (nSPS) is 21.1. The fourth-order valence-electron chi connectivity index (χ4n) is 6.05. The van der Waals surface area contributed by atoms with Crippen LogP contribution in [0, 0.1) is 5.92 Å². The van der Waals surface area contributed by atoms with Crippen LogP contribution in [0.25, 0.3) is 0 Å². The van der Waals surface area contributed by atoms with Crippen molar-refractivity contribution >= 4 is 11.6 Å². The molecule has 1 heterocycles. The number of ketones is 2. The van der Waals surface area contributed by atoms with Crippen molar-refractivity contribution in [1.82, 2.24) is 0 Å². The summed E-state index contributed by atoms with van der Waals surface area (Å²) in [6, 6.07) is 27.8. The minimum atomic E-state index is -0.672. The minimum absolute atomic E-state index is 0.0473. The van der Waals surface area contributed by atoms with Crippen LogP contribution in [0.5, 0.6) is 23.0 Å². The molecule has 0 spiro atoms. The zero-order valence-electron chi connectivity index (χ0n) is 21.9. The number of carbonyl (C=O) groups is 2. The fraction of sp³-hybridized carbons (Fsp3) is 0.212. The van der Waals surface area contributed by atoms with Crippen LogP contribution in [0.3, 0.4) is 0 Å². The first-order valence-corrected chi connectivity index (χ1v) is 12.8. The third-order valence-corrected chi connectivity index (χ3v) is 7.85. The number of ether oxygens (including phenoxy) is 4. The van der Waals surface area contributed by atoms with Gasteiger partial charge >= 0.3 is 0 Å². The van der Waals surface area contributed by atoms with E-state index in [0.29, 0.717) is 34.1 Å². The summed E-state index contributed by atoms with van der Waals surface area (Å²) < 4.78 is 23.3. The SMILES string of the molecule is COc1ccc([C@H]2[C@@H]3C(=O)c4ccccc4O[C@@H]3c3cc(OC)c(OC)cc3[C@H]2C(=O)c2ccccc2)cc1. The Kier molecular flexibility index (Phi) is 6.31. The van der Waals surface area contributed by atoms with E-state index in [4.69, 9.17) is 18.9 Å². The largest absolute Gasteiger partial charge is 0.497 e. The number of hydrogen-bond acceptors (Lipinski definition) is 6. The summed E-state index contributed by atoms with van der Waals surface area (Å²) in [5.74, 6) is 0.316. The summed E-state index contributed by atoms with van der Waals surface area (Å²) in [7, 11) is 4.75. The molecule has 6 nitrogen and oxygen atoms in total. The number of carbonyl (C=O) groups excluding carboxylic acids is 2. The molecule has 4 aromatic rings. The van der Waals surface area contributed by atoms with Crippen molar-refractivity contribution in [1.29, 1.82) is 0 Å². The van der Waals surface area contributed by atoms with Crippen LogP contribution in [0.15, 0.2) is 91.0 Å². The quantitative estimate of drug-likeness (QED) is 0.274. The lowest BCUT2D eigenvalue weighted by Gasteiger charge is -2.45. The van der Waals surface area contributed by atoms with Gasteiger partial charge in [-0.15, -0.1) is 0 Å². The Morgan fingerprint density at radius 3 is 2.03 bits per heavy atom. The van der Waals surface area contributed by atoms with Gasteiger partial charge in [0.2, 0.25) is 0 Å². The molecule has 0 bridgehead atoms. The molecule has 4 atom stereocenters. The molecule has 0 amide bonds. The predicted octanol–water partition coefficient (Wildman–Crippen LogP) is 6.41. The van der Waals surface area contributed by atoms with E-state index in [1.807, 2.05) is 84.9 Å². The smallest absolute Gasteiger partial charge is 0.174 e. The standard InChI is InChI=1S/C33H28O6/c1-36-21-15-13-19(14-16-21)28-29(31(34)20-9-5-4-6-10-20)23-17-26(37-2)27(38-3)18-24(23)33-30(28)32(35)22-11-7-8-12-25(22)39-33/h4-18,28-30,33H,1-3H3/t28-,29-,30-,33-/m1/s1. The van der Waals surface area contributed by atoms with E-state index in [9.17, 15) is 9.59 Å². The van der Waals surface area contributed by atoms with E-state index in [1.54, 1.807) is 27.4 Å². The van der Waals surface area contributed by atoms with Crippen LogP contribution in [0.4, 0.5) is 0 Å². The Balaban J connectivity index is 1.64. The van der Waals surface area contributed by atoms with Crippen molar-refractivity contribution in [3.63, 3.8) is 0 Å². The van der Waals surface area contributed by atoms with Gasteiger partial charge in [0.25, 0.3) is 0 Å². The van der Waals surface area contributed by atoms with Gasteiger partial charge in [-0.2, -0.15) is 0 Å². The van der Waals surface area contributed by atoms with Crippen LogP contribution in [-0.2, 0) is 0 Å². The van der Waals surface area contributed by atoms with Gasteiger partial charge < -0.3 is 18.9 Å². The van der Waals surface area contributed by atoms with E-state index in [0.717, 1.165) is 16.7 Å². The van der Waals surface area contributed by atoms with Crippen molar-refractivity contribution < 1.29 is 28.5 Å². The minimum Gasteiger partial charge on any atom is -0.497 e. The number of Topliss-reactive ketones (excluding diaryl/α,β-unsaturated/α-hetero) is 2. The first-order valence-electron chi connectivity index (χ1n) is 12.8. The number of fused-ring (bicyclic) bond motifs is 4. The van der Waals surface area contributed by atoms with Gasteiger partial charge in [0.15, 0.2) is 23.1 Å². The lowest BCUT2D eigenvalue weighted by molar-refractivity contribution is 0.0501. The highest BCUT2D eigenvalue weighted by atomic mass is 16.5. The lowest BCUT2D eigenvalue weighted by Crippen LogP contribution is -2.43. The van der Waals surface area contributed by atoms with Gasteiger partial charge in [0.05, 0.1) is 38.7 Å². The highest BCUT2D eigenvalue weighted by molar-refractivity contribution is 6.06. The van der Waals surface area contributed by atoms with Crippen LogP contribution in [-0.4, -0.2) is 32.9 Å². The average molecular weight is 521 g/mol. The highest BCUT2D eigenvalue weighted by Crippen LogP contribution is 2.57. The molecule has 39 heavy (non-hydrogen) atoms. The Morgan fingerprint density at radius 2 is 1.36 bits per heavy atom. The molecule has 0 saturated heterocycles. The molecule has 2 aliphatic rings. The maximum absolute atomic E-state index is 14.4. The second-order valence-corrected chi connectivity index (χ2v) is 9.77. The molecule has 1 aliphatic heterocycles. The maximum Gasteiger partial charge on any atom is 0.174 e. The van der Waals surface area contributed by atoms with Gasteiger partial charge in [-0.1, -0.05) is 54.6 Å². The Morgan fingerprint density at radius 1 is 0.718 bits per heavy atom. The molecule has 0 saturated carbocycles. The van der Waals surface area contributed by atoms with Gasteiger partial charge in [0.1, 0.15) is 17.6 Å². The van der Waals surface area contributed by atoms with Crippen molar-refractivity contribution in [2.24, 2.45) is 5.92 Å². The first-order chi connectivity index (χ1) is 19.0. The first kappa shape index (κ1) is 24.7. The fourth-order valence-corrected chi connectivity index (χ4v) is 6.05. The maximum atomic E-state index is 14.4. The zero-order valence-corrected chi connectivity index (χ0v) is 21.9. The summed E-state index contributed by atoms with van der Waals surface area (Å²) in [6.07, 6.45) is -0.617. The predicted molar refractivity (Wildman–Crippen MR) is 146 cm³/mol. The van der Waals surface area contributed by atoms with Gasteiger partial charge in [-0.25, -0.2) is 0 Å². The van der Waals surface area contributed by atoms with E-state index in [1.165, 1.54) is 0 Å². The van der Waals surface area contributed by atoms with Crippen LogP contribution < -0.4 is 18.9 Å². The number of rotatable bonds is 6. The number of para-hydroxylation sites is 1. The second kappa shape index (κ2) is 9.95. The summed E-state index contributed by atoms with van der Waals surface area (Å²) in [5, 5.41) is 0. The molecule has 6 heteroatoms. The molecule has 1 aliphatic carbocycles. The van der Waals surface area contributed by atoms with E-state index >= 15 is 0 Å². The molecule has 0 fully saturated rings. The van der Waals surface area contributed by atoms with E-state index in [-0.39, 0.29) is 11.6 Å². The Bertz CT molecular complexity index is 1540. The van der Waals surface area contributed by atoms with Crippen LogP contribution in [0.1, 0.15) is 55.3 Å². The summed E-state index contributed by atoms with van der Waals surface area (Å²) in [5.41, 5.74) is 3.46. The van der Waals surface area contributed by atoms with Gasteiger partial charge in [0, 0.05) is 17.0 Å². The third-order valence-electron chi connectivity index (χ3n) is 7.85. The summed E-state index contributed by atoms with van der Waals surface area (Å²) in [4.78, 5) is 28.7. The summed E-state index contributed by atoms with van der Waals surface area (Å²) >= 11 is 0. The Hall–Kier alpha value is -4.58. The molecule has 0 aromatic heterocycles. The number of benzene rings is 4. The number of methoxy groups -OCH3 is 3. The second-order valence-electron chi connectivity index (χ2n) is 9.77. The molecule has 0 radical (unpaired) electrons. The van der Waals surface area contributed by atoms with Crippen molar-refractivity contribution in [2.75, 3.05) is 21.3 Å². The van der Waals surface area contributed by atoms with Crippen molar-refractivity contribution in [3.05, 3.63) is 119 Å². The monoisotopic (exact) mass is 520 g/mol. The molecule has 0 unspecified atom stereocenters. The van der Waals surface area contributed by atoms with E-state index < -0.39 is 23.9 Å². The molecular weight excluding hydrogens is 492 g/mol. The average Bonchev–Trinajstić information content (AvgIpc) is 3.00. The van der Waals surface area contributed by atoms with Crippen molar-refractivity contribution in [3.8, 4) is 23.0 Å². The molecule has 4 aromatic carbocycles.